The van der Waals surface area contributed by atoms with Crippen molar-refractivity contribution in [1.29, 1.82) is 0 Å². The average Bonchev–Trinajstić information content (AvgIpc) is 3.31. The zero-order chi connectivity index (χ0) is 20.4. The van der Waals surface area contributed by atoms with Gasteiger partial charge in [0.1, 0.15) is 12.1 Å². The van der Waals surface area contributed by atoms with Gasteiger partial charge in [0.2, 0.25) is 0 Å². The molecular weight excluding hydrogens is 392 g/mol. The van der Waals surface area contributed by atoms with E-state index >= 15 is 0 Å². The lowest BCUT2D eigenvalue weighted by atomic mass is 10.2. The maximum atomic E-state index is 12.6. The molecule has 4 aromatic rings. The molecule has 0 bridgehead atoms. The summed E-state index contributed by atoms with van der Waals surface area (Å²) < 4.78 is 3.31. The topological polar surface area (TPSA) is 102 Å². The third kappa shape index (κ3) is 3.90. The number of rotatable bonds is 6. The summed E-state index contributed by atoms with van der Waals surface area (Å²) in [6, 6.07) is 9.20. The van der Waals surface area contributed by atoms with Crippen LogP contribution in [0.4, 0.5) is 5.82 Å². The number of nitrogens with zero attached hydrogens (tertiary/aromatic N) is 6. The molecule has 0 aliphatic heterocycles. The van der Waals surface area contributed by atoms with Crippen LogP contribution in [-0.2, 0) is 0 Å². The monoisotopic (exact) mass is 410 g/mol. The Morgan fingerprint density at radius 1 is 1.17 bits per heavy atom. The van der Waals surface area contributed by atoms with Gasteiger partial charge in [-0.25, -0.2) is 9.67 Å². The fourth-order valence-electron chi connectivity index (χ4n) is 3.02. The smallest absolute Gasteiger partial charge is 0.254 e. The predicted molar refractivity (Wildman–Crippen MR) is 110 cm³/mol. The van der Waals surface area contributed by atoms with Crippen molar-refractivity contribution in [1.82, 2.24) is 34.7 Å². The second kappa shape index (κ2) is 7.88. The SMILES string of the molecule is Cc1cc(NCCNC(=O)c2cnn(-c3cccc(Cl)c3)c2C)n2ncnc2n1. The van der Waals surface area contributed by atoms with Crippen LogP contribution in [0.5, 0.6) is 0 Å². The third-order valence-electron chi connectivity index (χ3n) is 4.40. The molecule has 148 valence electrons. The summed E-state index contributed by atoms with van der Waals surface area (Å²) in [4.78, 5) is 20.9. The van der Waals surface area contributed by atoms with Crippen molar-refractivity contribution in [3.8, 4) is 5.69 Å². The van der Waals surface area contributed by atoms with Gasteiger partial charge in [0.25, 0.3) is 11.7 Å². The fraction of sp³-hybridized carbons (Fsp3) is 0.211. The van der Waals surface area contributed by atoms with Gasteiger partial charge in [-0.2, -0.15) is 19.7 Å². The minimum Gasteiger partial charge on any atom is -0.368 e. The number of aryl methyl sites for hydroxylation is 1. The van der Waals surface area contributed by atoms with E-state index in [0.717, 1.165) is 22.9 Å². The van der Waals surface area contributed by atoms with Gasteiger partial charge in [-0.3, -0.25) is 4.79 Å². The molecule has 0 saturated carbocycles. The van der Waals surface area contributed by atoms with Crippen LogP contribution in [0.2, 0.25) is 5.02 Å². The number of carbonyl (C=O) groups excluding carboxylic acids is 1. The molecule has 3 heterocycles. The highest BCUT2D eigenvalue weighted by atomic mass is 35.5. The molecule has 0 fully saturated rings. The molecule has 4 rings (SSSR count). The Kier molecular flexibility index (Phi) is 5.13. The van der Waals surface area contributed by atoms with Crippen molar-refractivity contribution in [2.75, 3.05) is 18.4 Å². The van der Waals surface area contributed by atoms with Gasteiger partial charge < -0.3 is 10.6 Å². The molecule has 9 nitrogen and oxygen atoms in total. The van der Waals surface area contributed by atoms with Crippen molar-refractivity contribution in [2.24, 2.45) is 0 Å². The first kappa shape index (κ1) is 18.9. The summed E-state index contributed by atoms with van der Waals surface area (Å²) in [7, 11) is 0. The van der Waals surface area contributed by atoms with Crippen molar-refractivity contribution in [3.63, 3.8) is 0 Å². The van der Waals surface area contributed by atoms with E-state index in [2.05, 4.69) is 30.8 Å². The number of hydrogen-bond acceptors (Lipinski definition) is 6. The second-order valence-corrected chi connectivity index (χ2v) is 6.91. The summed E-state index contributed by atoms with van der Waals surface area (Å²) in [5.74, 6) is 1.11. The Morgan fingerprint density at radius 3 is 2.86 bits per heavy atom. The van der Waals surface area contributed by atoms with Crippen LogP contribution in [0.15, 0.2) is 42.9 Å². The van der Waals surface area contributed by atoms with Gasteiger partial charge in [-0.1, -0.05) is 17.7 Å². The fourth-order valence-corrected chi connectivity index (χ4v) is 3.20. The summed E-state index contributed by atoms with van der Waals surface area (Å²) in [5.41, 5.74) is 2.90. The van der Waals surface area contributed by atoms with Crippen LogP contribution in [0.1, 0.15) is 21.7 Å². The van der Waals surface area contributed by atoms with Gasteiger partial charge in [-0.15, -0.1) is 0 Å². The first-order valence-corrected chi connectivity index (χ1v) is 9.41. The lowest BCUT2D eigenvalue weighted by Crippen LogP contribution is -2.29. The maximum absolute atomic E-state index is 12.6. The van der Waals surface area contributed by atoms with Crippen molar-refractivity contribution in [3.05, 3.63) is 64.8 Å². The molecular formula is C19H19ClN8O. The zero-order valence-corrected chi connectivity index (χ0v) is 16.7. The Balaban J connectivity index is 1.38. The van der Waals surface area contributed by atoms with Crippen molar-refractivity contribution < 1.29 is 4.79 Å². The van der Waals surface area contributed by atoms with Crippen LogP contribution in [-0.4, -0.2) is 48.4 Å². The minimum atomic E-state index is -0.186. The molecule has 0 aliphatic carbocycles. The number of nitrogens with one attached hydrogen (secondary N) is 2. The van der Waals surface area contributed by atoms with Crippen LogP contribution in [0.25, 0.3) is 11.5 Å². The Bertz CT molecular complexity index is 1180. The van der Waals surface area contributed by atoms with E-state index in [1.165, 1.54) is 6.33 Å². The maximum Gasteiger partial charge on any atom is 0.254 e. The van der Waals surface area contributed by atoms with Gasteiger partial charge in [0, 0.05) is 29.9 Å². The highest BCUT2D eigenvalue weighted by Crippen LogP contribution is 2.18. The lowest BCUT2D eigenvalue weighted by molar-refractivity contribution is 0.0954. The number of hydrogen-bond donors (Lipinski definition) is 2. The molecule has 3 aromatic heterocycles. The molecule has 0 saturated heterocycles. The second-order valence-electron chi connectivity index (χ2n) is 6.47. The molecule has 0 atom stereocenters. The van der Waals surface area contributed by atoms with Gasteiger partial charge in [-0.05, 0) is 32.0 Å². The molecule has 0 spiro atoms. The molecule has 0 radical (unpaired) electrons. The standard InChI is InChI=1S/C19H19ClN8O/c1-12-8-17(28-19(26-12)23-11-25-28)21-6-7-22-18(29)16-10-24-27(13(16)2)15-5-3-4-14(20)9-15/h3-5,8-11,21H,6-7H2,1-2H3,(H,22,29). The Labute approximate surface area is 171 Å². The van der Waals surface area contributed by atoms with E-state index < -0.39 is 0 Å². The first-order chi connectivity index (χ1) is 14.0. The van der Waals surface area contributed by atoms with E-state index in [1.807, 2.05) is 32.0 Å². The molecule has 2 N–H and O–H groups in total. The molecule has 29 heavy (non-hydrogen) atoms. The van der Waals surface area contributed by atoms with E-state index in [4.69, 9.17) is 11.6 Å². The normalized spacial score (nSPS) is 11.0. The molecule has 0 unspecified atom stereocenters. The van der Waals surface area contributed by atoms with Gasteiger partial charge in [0.15, 0.2) is 0 Å². The summed E-state index contributed by atoms with van der Waals surface area (Å²) in [5, 5.41) is 15.2. The largest absolute Gasteiger partial charge is 0.368 e. The summed E-state index contributed by atoms with van der Waals surface area (Å²) in [6.07, 6.45) is 3.01. The number of halogens is 1. The first-order valence-electron chi connectivity index (χ1n) is 9.03. The van der Waals surface area contributed by atoms with Crippen LogP contribution >= 0.6 is 11.6 Å². The molecule has 0 aliphatic rings. The van der Waals surface area contributed by atoms with Gasteiger partial charge >= 0.3 is 0 Å². The van der Waals surface area contributed by atoms with Gasteiger partial charge in [0.05, 0.1) is 23.1 Å². The highest BCUT2D eigenvalue weighted by molar-refractivity contribution is 6.30. The number of amides is 1. The predicted octanol–water partition coefficient (Wildman–Crippen LogP) is 2.42. The number of fused-ring (bicyclic) bond motifs is 1. The minimum absolute atomic E-state index is 0.186. The summed E-state index contributed by atoms with van der Waals surface area (Å²) in [6.45, 7) is 4.69. The number of aromatic nitrogens is 6. The zero-order valence-electron chi connectivity index (χ0n) is 15.9. The number of carbonyl (C=O) groups is 1. The number of anilines is 1. The van der Waals surface area contributed by atoms with Crippen LogP contribution in [0, 0.1) is 13.8 Å². The average molecular weight is 411 g/mol. The van der Waals surface area contributed by atoms with E-state index in [-0.39, 0.29) is 5.91 Å². The Hall–Kier alpha value is -3.46. The van der Waals surface area contributed by atoms with Crippen LogP contribution in [0.3, 0.4) is 0 Å². The Morgan fingerprint density at radius 2 is 2.03 bits per heavy atom. The highest BCUT2D eigenvalue weighted by Gasteiger charge is 2.15. The molecule has 1 amide bonds. The van der Waals surface area contributed by atoms with Crippen LogP contribution < -0.4 is 10.6 Å². The lowest BCUT2D eigenvalue weighted by Gasteiger charge is -2.10. The van der Waals surface area contributed by atoms with Crippen molar-refractivity contribution >= 4 is 29.1 Å². The summed E-state index contributed by atoms with van der Waals surface area (Å²) >= 11 is 6.05. The van der Waals surface area contributed by atoms with Crippen molar-refractivity contribution in [2.45, 2.75) is 13.8 Å². The molecule has 1 aromatic carbocycles. The third-order valence-corrected chi connectivity index (χ3v) is 4.64. The quantitative estimate of drug-likeness (QED) is 0.473. The molecule has 10 heteroatoms. The number of benzene rings is 1. The van der Waals surface area contributed by atoms with E-state index in [1.54, 1.807) is 27.5 Å². The van der Waals surface area contributed by atoms with E-state index in [0.29, 0.717) is 29.5 Å². The van der Waals surface area contributed by atoms with E-state index in [9.17, 15) is 4.79 Å².